The van der Waals surface area contributed by atoms with Crippen LogP contribution < -0.4 is 4.31 Å². The lowest BCUT2D eigenvalue weighted by atomic mass is 10.1. The summed E-state index contributed by atoms with van der Waals surface area (Å²) in [7, 11) is -2.18. The Morgan fingerprint density at radius 2 is 1.87 bits per heavy atom. The van der Waals surface area contributed by atoms with Crippen LogP contribution in [0.15, 0.2) is 53.8 Å². The van der Waals surface area contributed by atoms with Gasteiger partial charge in [-0.05, 0) is 18.4 Å². The van der Waals surface area contributed by atoms with Gasteiger partial charge in [0.15, 0.2) is 0 Å². The van der Waals surface area contributed by atoms with Gasteiger partial charge in [-0.2, -0.15) is 8.42 Å². The molecule has 3 aromatic rings. The minimum absolute atomic E-state index is 0.101. The van der Waals surface area contributed by atoms with E-state index in [9.17, 15) is 8.42 Å². The number of fused-ring (bicyclic) bond motifs is 1. The Morgan fingerprint density at radius 1 is 1.17 bits per heavy atom. The number of imidazole rings is 1. The van der Waals surface area contributed by atoms with E-state index in [2.05, 4.69) is 4.98 Å². The third-order valence-corrected chi connectivity index (χ3v) is 6.07. The third kappa shape index (κ3) is 2.58. The van der Waals surface area contributed by atoms with Crippen LogP contribution in [-0.4, -0.2) is 24.5 Å². The molecule has 0 saturated carbocycles. The van der Waals surface area contributed by atoms with Gasteiger partial charge in [-0.15, -0.1) is 0 Å². The number of halogens is 1. The summed E-state index contributed by atoms with van der Waals surface area (Å²) in [6, 6.07) is 13.3. The van der Waals surface area contributed by atoms with Gasteiger partial charge in [-0.3, -0.25) is 4.31 Å². The summed E-state index contributed by atoms with van der Waals surface area (Å²) in [4.78, 5) is 3.96. The van der Waals surface area contributed by atoms with Gasteiger partial charge in [0, 0.05) is 19.0 Å². The number of aryl methyl sites for hydroxylation is 1. The second-order valence-electron chi connectivity index (χ2n) is 5.12. The van der Waals surface area contributed by atoms with Gasteiger partial charge in [-0.25, -0.2) is 4.98 Å². The zero-order valence-electron chi connectivity index (χ0n) is 12.8. The molecule has 5 nitrogen and oxygen atoms in total. The van der Waals surface area contributed by atoms with Gasteiger partial charge in [0.25, 0.3) is 10.0 Å². The summed E-state index contributed by atoms with van der Waals surface area (Å²) < 4.78 is 28.8. The Hall–Kier alpha value is -2.05. The molecule has 2 aromatic carbocycles. The number of nitrogens with zero attached hydrogens (tertiary/aromatic N) is 3. The number of benzene rings is 2. The maximum atomic E-state index is 13.0. The molecule has 0 bridgehead atoms. The molecule has 0 aliphatic rings. The van der Waals surface area contributed by atoms with Crippen LogP contribution in [0, 0.1) is 0 Å². The highest BCUT2D eigenvalue weighted by atomic mass is 35.5. The van der Waals surface area contributed by atoms with E-state index in [4.69, 9.17) is 11.6 Å². The molecular weight excluding hydrogens is 334 g/mol. The van der Waals surface area contributed by atoms with Crippen molar-refractivity contribution >= 4 is 38.1 Å². The van der Waals surface area contributed by atoms with Crippen LogP contribution in [0.4, 0.5) is 5.69 Å². The number of hydrogen-bond donors (Lipinski definition) is 0. The highest BCUT2D eigenvalue weighted by Gasteiger charge is 2.30. The molecule has 120 valence electrons. The molecule has 0 unspecified atom stereocenters. The third-order valence-electron chi connectivity index (χ3n) is 3.69. The first-order chi connectivity index (χ1) is 11.0. The Labute approximate surface area is 140 Å². The second-order valence-corrected chi connectivity index (χ2v) is 7.26. The lowest BCUT2D eigenvalue weighted by Gasteiger charge is -2.23. The molecular formula is C16H16ClN3O2S. The second kappa shape index (κ2) is 5.86. The Balaban J connectivity index is 2.21. The number of aromatic nitrogens is 2. The molecule has 0 fully saturated rings. The Bertz CT molecular complexity index is 961. The summed E-state index contributed by atoms with van der Waals surface area (Å²) >= 11 is 6.09. The van der Waals surface area contributed by atoms with E-state index in [-0.39, 0.29) is 16.7 Å². The zero-order valence-corrected chi connectivity index (χ0v) is 14.3. The number of sulfonamides is 1. The first-order valence-electron chi connectivity index (χ1n) is 7.14. The number of anilines is 1. The summed E-state index contributed by atoms with van der Waals surface area (Å²) in [5, 5.41) is 1.82. The van der Waals surface area contributed by atoms with Crippen LogP contribution in [0.25, 0.3) is 10.8 Å². The largest absolute Gasteiger partial charge is 0.324 e. The molecule has 7 heteroatoms. The molecule has 0 N–H and O–H groups in total. The molecule has 3 rings (SSSR count). The predicted octanol–water partition coefficient (Wildman–Crippen LogP) is 3.44. The average molecular weight is 350 g/mol. The number of rotatable bonds is 4. The summed E-state index contributed by atoms with van der Waals surface area (Å²) in [5.74, 6) is 0. The van der Waals surface area contributed by atoms with Gasteiger partial charge < -0.3 is 4.57 Å². The normalized spacial score (nSPS) is 11.8. The summed E-state index contributed by atoms with van der Waals surface area (Å²) in [5.41, 5.74) is 0.618. The van der Waals surface area contributed by atoms with E-state index in [0.717, 1.165) is 10.8 Å². The van der Waals surface area contributed by atoms with Crippen molar-refractivity contribution < 1.29 is 8.42 Å². The van der Waals surface area contributed by atoms with Crippen molar-refractivity contribution in [3.05, 3.63) is 53.9 Å². The monoisotopic (exact) mass is 349 g/mol. The zero-order chi connectivity index (χ0) is 16.6. The fraction of sp³-hybridized carbons (Fsp3) is 0.188. The van der Waals surface area contributed by atoms with E-state index >= 15 is 0 Å². The summed E-state index contributed by atoms with van der Waals surface area (Å²) in [6.07, 6.45) is 1.39. The van der Waals surface area contributed by atoms with Crippen molar-refractivity contribution in [2.24, 2.45) is 7.05 Å². The van der Waals surface area contributed by atoms with Crippen molar-refractivity contribution in [2.75, 3.05) is 10.8 Å². The van der Waals surface area contributed by atoms with Gasteiger partial charge in [0.2, 0.25) is 5.03 Å². The first-order valence-corrected chi connectivity index (χ1v) is 8.96. The molecule has 0 aliphatic heterocycles. The number of hydrogen-bond acceptors (Lipinski definition) is 3. The van der Waals surface area contributed by atoms with Crippen molar-refractivity contribution in [1.29, 1.82) is 0 Å². The van der Waals surface area contributed by atoms with E-state index in [0.29, 0.717) is 5.69 Å². The van der Waals surface area contributed by atoms with Crippen LogP contribution in [0.1, 0.15) is 6.92 Å². The molecule has 0 atom stereocenters. The highest BCUT2D eigenvalue weighted by molar-refractivity contribution is 7.92. The standard InChI is InChI=1S/C16H16ClN3O2S/c1-3-20(23(21,22)16-15(17)19(2)11-18-16)14-10-6-8-12-7-4-5-9-13(12)14/h4-11H,3H2,1-2H3. The molecule has 23 heavy (non-hydrogen) atoms. The molecule has 0 saturated heterocycles. The predicted molar refractivity (Wildman–Crippen MR) is 92.4 cm³/mol. The topological polar surface area (TPSA) is 55.2 Å². The van der Waals surface area contributed by atoms with E-state index in [1.165, 1.54) is 15.2 Å². The van der Waals surface area contributed by atoms with Crippen LogP contribution in [0.3, 0.4) is 0 Å². The Kier molecular flexibility index (Phi) is 4.04. The Morgan fingerprint density at radius 3 is 2.52 bits per heavy atom. The molecule has 0 aliphatic carbocycles. The van der Waals surface area contributed by atoms with Crippen LogP contribution >= 0.6 is 11.6 Å². The molecule has 0 radical (unpaired) electrons. The minimum atomic E-state index is -3.84. The van der Waals surface area contributed by atoms with E-state index in [1.807, 2.05) is 36.4 Å². The van der Waals surface area contributed by atoms with Crippen LogP contribution in [-0.2, 0) is 17.1 Å². The lowest BCUT2D eigenvalue weighted by Crippen LogP contribution is -2.31. The van der Waals surface area contributed by atoms with Gasteiger partial charge in [0.05, 0.1) is 12.0 Å². The average Bonchev–Trinajstić information content (AvgIpc) is 2.88. The maximum Gasteiger partial charge on any atom is 0.284 e. The molecule has 0 amide bonds. The van der Waals surface area contributed by atoms with Crippen molar-refractivity contribution in [3.63, 3.8) is 0 Å². The quantitative estimate of drug-likeness (QED) is 0.725. The smallest absolute Gasteiger partial charge is 0.284 e. The lowest BCUT2D eigenvalue weighted by molar-refractivity contribution is 0.589. The van der Waals surface area contributed by atoms with Crippen LogP contribution in [0.5, 0.6) is 0 Å². The van der Waals surface area contributed by atoms with Gasteiger partial charge >= 0.3 is 0 Å². The molecule has 0 spiro atoms. The van der Waals surface area contributed by atoms with Crippen molar-refractivity contribution in [2.45, 2.75) is 11.9 Å². The fourth-order valence-corrected chi connectivity index (χ4v) is 4.46. The molecule has 1 heterocycles. The van der Waals surface area contributed by atoms with E-state index in [1.54, 1.807) is 20.0 Å². The molecule has 1 aromatic heterocycles. The maximum absolute atomic E-state index is 13.0. The van der Waals surface area contributed by atoms with Crippen LogP contribution in [0.2, 0.25) is 5.15 Å². The fourth-order valence-electron chi connectivity index (χ4n) is 2.57. The van der Waals surface area contributed by atoms with Crippen molar-refractivity contribution in [1.82, 2.24) is 9.55 Å². The van der Waals surface area contributed by atoms with Crippen molar-refractivity contribution in [3.8, 4) is 0 Å². The first kappa shape index (κ1) is 15.8. The van der Waals surface area contributed by atoms with Gasteiger partial charge in [-0.1, -0.05) is 48.0 Å². The van der Waals surface area contributed by atoms with Gasteiger partial charge in [0.1, 0.15) is 5.15 Å². The summed E-state index contributed by atoms with van der Waals surface area (Å²) in [6.45, 7) is 2.07. The SMILES string of the molecule is CCN(c1cccc2ccccc12)S(=O)(=O)c1ncn(C)c1Cl. The highest BCUT2D eigenvalue weighted by Crippen LogP contribution is 2.32. The minimum Gasteiger partial charge on any atom is -0.324 e. The van der Waals surface area contributed by atoms with E-state index < -0.39 is 10.0 Å².